The summed E-state index contributed by atoms with van der Waals surface area (Å²) >= 11 is 0. The van der Waals surface area contributed by atoms with Crippen LogP contribution in [0.1, 0.15) is 52.4 Å². The minimum Gasteiger partial charge on any atom is -0.550 e. The van der Waals surface area contributed by atoms with E-state index in [-0.39, 0.29) is 25.1 Å². The molecule has 0 bridgehead atoms. The van der Waals surface area contributed by atoms with Crippen molar-refractivity contribution >= 4 is 11.9 Å². The number of hydrogen-bond donors (Lipinski definition) is 2. The van der Waals surface area contributed by atoms with E-state index in [1.807, 2.05) is 4.90 Å². The van der Waals surface area contributed by atoms with Crippen LogP contribution in [0.25, 0.3) is 0 Å². The SMILES string of the molecule is CCCCC(CC)CN(CCC(=O)[O-])CCC(=O)[O-].[NH4+].[NH4+]. The summed E-state index contributed by atoms with van der Waals surface area (Å²) in [6.07, 6.45) is 4.28. The Kier molecular flexibility index (Phi) is 18.0. The van der Waals surface area contributed by atoms with Crippen LogP contribution in [0.2, 0.25) is 0 Å². The highest BCUT2D eigenvalue weighted by Crippen LogP contribution is 2.14. The molecule has 0 radical (unpaired) electrons. The number of carbonyl (C=O) groups is 2. The van der Waals surface area contributed by atoms with E-state index < -0.39 is 11.9 Å². The van der Waals surface area contributed by atoms with Crippen molar-refractivity contribution in [3.05, 3.63) is 0 Å². The van der Waals surface area contributed by atoms with Crippen LogP contribution in [0.5, 0.6) is 0 Å². The molecule has 0 saturated carbocycles. The van der Waals surface area contributed by atoms with Crippen molar-refractivity contribution in [2.24, 2.45) is 5.92 Å². The minimum absolute atomic E-state index is 0. The first kappa shape index (κ1) is 24.8. The summed E-state index contributed by atoms with van der Waals surface area (Å²) in [6, 6.07) is 0. The number of hydrogen-bond acceptors (Lipinski definition) is 5. The number of quaternary nitrogens is 2. The number of carboxylic acids is 2. The molecule has 0 rings (SSSR count). The number of carboxylic acid groups (broad SMARTS) is 2. The molecule has 0 aromatic heterocycles. The maximum Gasteiger partial charge on any atom is 0.0427 e. The van der Waals surface area contributed by atoms with E-state index >= 15 is 0 Å². The molecule has 0 aliphatic rings. The lowest BCUT2D eigenvalue weighted by molar-refractivity contribution is -0.306. The second kappa shape index (κ2) is 15.2. The van der Waals surface area contributed by atoms with E-state index in [1.54, 1.807) is 0 Å². The second-order valence-corrected chi connectivity index (χ2v) is 4.96. The van der Waals surface area contributed by atoms with Gasteiger partial charge in [-0.15, -0.1) is 0 Å². The minimum atomic E-state index is -1.10. The molecule has 0 spiro atoms. The molecule has 21 heavy (non-hydrogen) atoms. The fraction of sp³-hybridized carbons (Fsp3) is 0.857. The lowest BCUT2D eigenvalue weighted by atomic mass is 9.98. The second-order valence-electron chi connectivity index (χ2n) is 4.96. The Labute approximate surface area is 127 Å². The van der Waals surface area contributed by atoms with Crippen LogP contribution in [0, 0.1) is 5.92 Å². The van der Waals surface area contributed by atoms with Gasteiger partial charge >= 0.3 is 0 Å². The number of unbranched alkanes of at least 4 members (excludes halogenated alkanes) is 1. The highest BCUT2D eigenvalue weighted by Gasteiger charge is 2.12. The highest BCUT2D eigenvalue weighted by molar-refractivity contribution is 5.65. The van der Waals surface area contributed by atoms with Gasteiger partial charge in [-0.1, -0.05) is 33.1 Å². The monoisotopic (exact) mass is 307 g/mol. The van der Waals surface area contributed by atoms with Gasteiger partial charge in [-0.3, -0.25) is 0 Å². The van der Waals surface area contributed by atoms with Gasteiger partial charge in [-0.25, -0.2) is 0 Å². The summed E-state index contributed by atoms with van der Waals surface area (Å²) in [5.41, 5.74) is 0. The fourth-order valence-electron chi connectivity index (χ4n) is 2.08. The van der Waals surface area contributed by atoms with E-state index in [4.69, 9.17) is 0 Å². The molecule has 128 valence electrons. The van der Waals surface area contributed by atoms with Gasteiger partial charge in [0.15, 0.2) is 0 Å². The van der Waals surface area contributed by atoms with E-state index in [1.165, 1.54) is 0 Å². The number of aliphatic carboxylic acids is 2. The van der Waals surface area contributed by atoms with Crippen LogP contribution in [0.15, 0.2) is 0 Å². The first-order chi connectivity index (χ1) is 8.99. The van der Waals surface area contributed by atoms with Gasteiger partial charge in [0.25, 0.3) is 0 Å². The van der Waals surface area contributed by atoms with Crippen molar-refractivity contribution in [3.63, 3.8) is 0 Å². The molecule has 0 aliphatic heterocycles. The Hall–Kier alpha value is -1.18. The maximum atomic E-state index is 10.5. The third kappa shape index (κ3) is 15.0. The van der Waals surface area contributed by atoms with E-state index in [0.717, 1.165) is 32.2 Å². The molecule has 1 atom stereocenters. The lowest BCUT2D eigenvalue weighted by Crippen LogP contribution is -2.37. The Balaban J connectivity index is -0.00000162. The molecule has 0 amide bonds. The molecule has 0 aliphatic carbocycles. The van der Waals surface area contributed by atoms with Crippen molar-refractivity contribution in [1.29, 1.82) is 0 Å². The van der Waals surface area contributed by atoms with Crippen molar-refractivity contribution in [2.75, 3.05) is 19.6 Å². The molecule has 0 saturated heterocycles. The topological polar surface area (TPSA) is 156 Å². The van der Waals surface area contributed by atoms with Crippen molar-refractivity contribution in [1.82, 2.24) is 17.2 Å². The summed E-state index contributed by atoms with van der Waals surface area (Å²) in [4.78, 5) is 22.9. The van der Waals surface area contributed by atoms with Crippen LogP contribution in [-0.4, -0.2) is 36.5 Å². The Morgan fingerprint density at radius 2 is 1.48 bits per heavy atom. The predicted molar refractivity (Wildman–Crippen MR) is 81.0 cm³/mol. The third-order valence-corrected chi connectivity index (χ3v) is 3.32. The van der Waals surface area contributed by atoms with Gasteiger partial charge in [-0.05, 0) is 25.2 Å². The van der Waals surface area contributed by atoms with Crippen LogP contribution in [-0.2, 0) is 9.59 Å². The average Bonchev–Trinajstić information content (AvgIpc) is 2.36. The molecular formula is C14H33N3O4. The zero-order chi connectivity index (χ0) is 14.7. The molecule has 1 unspecified atom stereocenters. The molecule has 0 aromatic carbocycles. The summed E-state index contributed by atoms with van der Waals surface area (Å²) in [6.45, 7) is 5.68. The first-order valence-corrected chi connectivity index (χ1v) is 7.11. The smallest absolute Gasteiger partial charge is 0.0427 e. The zero-order valence-electron chi connectivity index (χ0n) is 14.0. The molecule has 7 nitrogen and oxygen atoms in total. The zero-order valence-corrected chi connectivity index (χ0v) is 14.0. The van der Waals surface area contributed by atoms with E-state index in [0.29, 0.717) is 19.0 Å². The number of carbonyl (C=O) groups excluding carboxylic acids is 2. The molecule has 0 aromatic rings. The predicted octanol–water partition coefficient (Wildman–Crippen LogP) is 0.537. The van der Waals surface area contributed by atoms with Gasteiger partial charge < -0.3 is 37.0 Å². The van der Waals surface area contributed by atoms with Crippen molar-refractivity contribution < 1.29 is 19.8 Å². The van der Waals surface area contributed by atoms with Gasteiger partial charge in [0.2, 0.25) is 0 Å². The summed E-state index contributed by atoms with van der Waals surface area (Å²) in [5.74, 6) is -1.71. The normalized spacial score (nSPS) is 11.4. The Morgan fingerprint density at radius 1 is 1.00 bits per heavy atom. The molecule has 7 heteroatoms. The number of nitrogens with zero attached hydrogens (tertiary/aromatic N) is 1. The summed E-state index contributed by atoms with van der Waals surface area (Å²) in [7, 11) is 0. The van der Waals surface area contributed by atoms with Crippen LogP contribution < -0.4 is 22.5 Å². The average molecular weight is 307 g/mol. The molecule has 0 fully saturated rings. The van der Waals surface area contributed by atoms with Crippen molar-refractivity contribution in [2.45, 2.75) is 52.4 Å². The molecular weight excluding hydrogens is 274 g/mol. The Morgan fingerprint density at radius 3 is 1.81 bits per heavy atom. The standard InChI is InChI=1S/C14H27NO4.2H3N/c1-3-5-6-12(4-2)11-15(9-7-13(16)17)10-8-14(18)19;;/h12H,3-11H2,1-2H3,(H,16,17)(H,18,19);2*1H3. The largest absolute Gasteiger partial charge is 0.550 e. The third-order valence-electron chi connectivity index (χ3n) is 3.32. The van der Waals surface area contributed by atoms with Gasteiger partial charge in [0, 0.05) is 31.6 Å². The van der Waals surface area contributed by atoms with E-state index in [9.17, 15) is 19.8 Å². The van der Waals surface area contributed by atoms with Crippen LogP contribution in [0.4, 0.5) is 0 Å². The summed E-state index contributed by atoms with van der Waals surface area (Å²) in [5, 5.41) is 21.0. The highest BCUT2D eigenvalue weighted by atomic mass is 16.4. The first-order valence-electron chi connectivity index (χ1n) is 7.11. The molecule has 8 N–H and O–H groups in total. The Bertz CT molecular complexity index is 257. The fourth-order valence-corrected chi connectivity index (χ4v) is 2.08. The van der Waals surface area contributed by atoms with Crippen molar-refractivity contribution in [3.8, 4) is 0 Å². The maximum absolute atomic E-state index is 10.5. The number of rotatable bonds is 12. The van der Waals surface area contributed by atoms with Crippen LogP contribution in [0.3, 0.4) is 0 Å². The van der Waals surface area contributed by atoms with Gasteiger partial charge in [0.1, 0.15) is 0 Å². The van der Waals surface area contributed by atoms with E-state index in [2.05, 4.69) is 13.8 Å². The summed E-state index contributed by atoms with van der Waals surface area (Å²) < 4.78 is 0. The van der Waals surface area contributed by atoms with Gasteiger partial charge in [-0.2, -0.15) is 0 Å². The lowest BCUT2D eigenvalue weighted by Gasteiger charge is -2.27. The molecule has 0 heterocycles. The van der Waals surface area contributed by atoms with Gasteiger partial charge in [0.05, 0.1) is 0 Å². The van der Waals surface area contributed by atoms with Crippen LogP contribution >= 0.6 is 0 Å². The quantitative estimate of drug-likeness (QED) is 0.537.